The minimum absolute atomic E-state index is 0.153. The number of unbranched alkanes of at least 4 members (excludes halogenated alkanes) is 3. The van der Waals surface area contributed by atoms with Crippen LogP contribution in [0.15, 0.2) is 0 Å². The molecule has 0 aliphatic carbocycles. The quantitative estimate of drug-likeness (QED) is 0.431. The Bertz CT molecular complexity index is 149. The standard InChI is InChI=1S/C15H34NO/c1-5-9-12-16(13-10-6-2,14-11-7-3)15(17)8-4/h15,17H,5-14H2,1-4H3/q+1. The summed E-state index contributed by atoms with van der Waals surface area (Å²) in [6.45, 7) is 12.3. The highest BCUT2D eigenvalue weighted by Gasteiger charge is 2.32. The molecule has 0 saturated heterocycles. The minimum Gasteiger partial charge on any atom is -0.345 e. The lowest BCUT2D eigenvalue weighted by molar-refractivity contribution is -0.972. The van der Waals surface area contributed by atoms with Crippen LogP contribution in [0, 0.1) is 0 Å². The van der Waals surface area contributed by atoms with Gasteiger partial charge in [-0.25, -0.2) is 0 Å². The lowest BCUT2D eigenvalue weighted by atomic mass is 10.1. The number of quaternary nitrogens is 1. The Morgan fingerprint density at radius 2 is 1.12 bits per heavy atom. The van der Waals surface area contributed by atoms with Crippen molar-refractivity contribution in [3.63, 3.8) is 0 Å². The van der Waals surface area contributed by atoms with Gasteiger partial charge < -0.3 is 5.11 Å². The number of aliphatic hydroxyl groups is 1. The zero-order valence-electron chi connectivity index (χ0n) is 12.5. The molecule has 0 radical (unpaired) electrons. The minimum atomic E-state index is -0.153. The Morgan fingerprint density at radius 3 is 1.35 bits per heavy atom. The molecule has 2 heteroatoms. The maximum Gasteiger partial charge on any atom is 0.190 e. The van der Waals surface area contributed by atoms with Crippen LogP contribution in [0.3, 0.4) is 0 Å². The van der Waals surface area contributed by atoms with Gasteiger partial charge in [-0.15, -0.1) is 0 Å². The van der Waals surface area contributed by atoms with Crippen molar-refractivity contribution < 1.29 is 9.59 Å². The van der Waals surface area contributed by atoms with Crippen LogP contribution in [0.4, 0.5) is 0 Å². The molecule has 0 amide bonds. The molecule has 104 valence electrons. The Hall–Kier alpha value is -0.0800. The van der Waals surface area contributed by atoms with Gasteiger partial charge in [0.2, 0.25) is 0 Å². The van der Waals surface area contributed by atoms with Crippen LogP contribution >= 0.6 is 0 Å². The largest absolute Gasteiger partial charge is 0.345 e. The van der Waals surface area contributed by atoms with Gasteiger partial charge in [0, 0.05) is 6.42 Å². The summed E-state index contributed by atoms with van der Waals surface area (Å²) < 4.78 is 0.950. The van der Waals surface area contributed by atoms with Gasteiger partial charge in [0.1, 0.15) is 0 Å². The molecule has 0 aromatic heterocycles. The number of hydrogen-bond acceptors (Lipinski definition) is 1. The second-order valence-corrected chi connectivity index (χ2v) is 5.34. The first-order chi connectivity index (χ1) is 8.16. The molecular formula is C15H34NO+. The van der Waals surface area contributed by atoms with Crippen molar-refractivity contribution in [2.45, 2.75) is 78.9 Å². The molecule has 0 aliphatic heterocycles. The zero-order chi connectivity index (χ0) is 13.1. The average Bonchev–Trinajstić information content (AvgIpc) is 2.37. The van der Waals surface area contributed by atoms with E-state index in [4.69, 9.17) is 0 Å². The van der Waals surface area contributed by atoms with Gasteiger partial charge in [-0.2, -0.15) is 0 Å². The smallest absolute Gasteiger partial charge is 0.190 e. The van der Waals surface area contributed by atoms with E-state index in [1.54, 1.807) is 0 Å². The molecule has 0 aromatic carbocycles. The van der Waals surface area contributed by atoms with E-state index in [0.29, 0.717) is 0 Å². The molecule has 0 rings (SSSR count). The third-order valence-corrected chi connectivity index (χ3v) is 3.87. The van der Waals surface area contributed by atoms with Crippen LogP contribution in [0.5, 0.6) is 0 Å². The molecule has 17 heavy (non-hydrogen) atoms. The van der Waals surface area contributed by atoms with Crippen molar-refractivity contribution in [3.8, 4) is 0 Å². The molecule has 1 N–H and O–H groups in total. The van der Waals surface area contributed by atoms with Crippen molar-refractivity contribution in [2.75, 3.05) is 19.6 Å². The molecule has 2 nitrogen and oxygen atoms in total. The molecule has 1 unspecified atom stereocenters. The van der Waals surface area contributed by atoms with Gasteiger partial charge in [0.25, 0.3) is 0 Å². The van der Waals surface area contributed by atoms with Gasteiger partial charge in [-0.1, -0.05) is 47.0 Å². The lowest BCUT2D eigenvalue weighted by Crippen LogP contribution is -2.57. The maximum absolute atomic E-state index is 10.4. The number of aliphatic hydroxyl groups excluding tert-OH is 1. The predicted octanol–water partition coefficient (Wildman–Crippen LogP) is 3.93. The molecule has 0 fully saturated rings. The second kappa shape index (κ2) is 9.90. The SMILES string of the molecule is CCCC[N+](CCCC)(CCCC)C(O)CC. The molecular weight excluding hydrogens is 210 g/mol. The summed E-state index contributed by atoms with van der Waals surface area (Å²) >= 11 is 0. The van der Waals surface area contributed by atoms with Crippen molar-refractivity contribution in [2.24, 2.45) is 0 Å². The van der Waals surface area contributed by atoms with E-state index in [0.717, 1.165) is 30.5 Å². The summed E-state index contributed by atoms with van der Waals surface area (Å²) in [5.41, 5.74) is 0. The number of nitrogens with zero attached hydrogens (tertiary/aromatic N) is 1. The Kier molecular flexibility index (Phi) is 9.85. The van der Waals surface area contributed by atoms with E-state index in [2.05, 4.69) is 27.7 Å². The van der Waals surface area contributed by atoms with Gasteiger partial charge in [0.15, 0.2) is 6.23 Å². The zero-order valence-corrected chi connectivity index (χ0v) is 12.5. The first-order valence-corrected chi connectivity index (χ1v) is 7.70. The molecule has 0 saturated carbocycles. The molecule has 0 aromatic rings. The normalized spacial score (nSPS) is 13.9. The Labute approximate surface area is 109 Å². The van der Waals surface area contributed by atoms with Crippen LogP contribution in [0.2, 0.25) is 0 Å². The van der Waals surface area contributed by atoms with E-state index in [9.17, 15) is 5.11 Å². The van der Waals surface area contributed by atoms with Crippen LogP contribution in [0.25, 0.3) is 0 Å². The Balaban J connectivity index is 4.63. The van der Waals surface area contributed by atoms with E-state index >= 15 is 0 Å². The summed E-state index contributed by atoms with van der Waals surface area (Å²) in [5.74, 6) is 0. The van der Waals surface area contributed by atoms with Crippen molar-refractivity contribution >= 4 is 0 Å². The van der Waals surface area contributed by atoms with Crippen LogP contribution in [0.1, 0.15) is 72.6 Å². The highest BCUT2D eigenvalue weighted by atomic mass is 16.3. The van der Waals surface area contributed by atoms with E-state index < -0.39 is 0 Å². The first-order valence-electron chi connectivity index (χ1n) is 7.70. The summed E-state index contributed by atoms with van der Waals surface area (Å²) in [5, 5.41) is 10.4. The van der Waals surface area contributed by atoms with E-state index in [-0.39, 0.29) is 6.23 Å². The third kappa shape index (κ3) is 5.87. The van der Waals surface area contributed by atoms with Crippen LogP contribution in [-0.4, -0.2) is 35.5 Å². The summed E-state index contributed by atoms with van der Waals surface area (Å²) in [4.78, 5) is 0. The summed E-state index contributed by atoms with van der Waals surface area (Å²) in [7, 11) is 0. The van der Waals surface area contributed by atoms with Gasteiger partial charge in [0.05, 0.1) is 19.6 Å². The molecule has 1 atom stereocenters. The van der Waals surface area contributed by atoms with Crippen molar-refractivity contribution in [3.05, 3.63) is 0 Å². The first kappa shape index (κ1) is 16.9. The fourth-order valence-corrected chi connectivity index (χ4v) is 2.59. The summed E-state index contributed by atoms with van der Waals surface area (Å²) in [6.07, 6.45) is 8.15. The van der Waals surface area contributed by atoms with Gasteiger partial charge in [-0.05, 0) is 19.3 Å². The Morgan fingerprint density at radius 1 is 0.765 bits per heavy atom. The number of hydrogen-bond donors (Lipinski definition) is 1. The molecule has 0 bridgehead atoms. The van der Waals surface area contributed by atoms with Crippen LogP contribution < -0.4 is 0 Å². The van der Waals surface area contributed by atoms with Gasteiger partial charge in [-0.3, -0.25) is 4.48 Å². The van der Waals surface area contributed by atoms with E-state index in [1.165, 1.54) is 38.5 Å². The van der Waals surface area contributed by atoms with Crippen LogP contribution in [-0.2, 0) is 0 Å². The van der Waals surface area contributed by atoms with Crippen molar-refractivity contribution in [1.29, 1.82) is 0 Å². The fourth-order valence-electron chi connectivity index (χ4n) is 2.59. The molecule has 0 aliphatic rings. The monoisotopic (exact) mass is 244 g/mol. The average molecular weight is 244 g/mol. The van der Waals surface area contributed by atoms with E-state index in [1.807, 2.05) is 0 Å². The highest BCUT2D eigenvalue weighted by Crippen LogP contribution is 2.20. The fraction of sp³-hybridized carbons (Fsp3) is 1.00. The summed E-state index contributed by atoms with van der Waals surface area (Å²) in [6, 6.07) is 0. The second-order valence-electron chi connectivity index (χ2n) is 5.34. The molecule has 0 heterocycles. The third-order valence-electron chi connectivity index (χ3n) is 3.87. The lowest BCUT2D eigenvalue weighted by Gasteiger charge is -2.42. The topological polar surface area (TPSA) is 20.2 Å². The molecule has 0 spiro atoms. The number of rotatable bonds is 11. The highest BCUT2D eigenvalue weighted by molar-refractivity contribution is 4.51. The van der Waals surface area contributed by atoms with Gasteiger partial charge >= 0.3 is 0 Å². The maximum atomic E-state index is 10.4. The predicted molar refractivity (Wildman–Crippen MR) is 75.9 cm³/mol. The van der Waals surface area contributed by atoms with Crippen molar-refractivity contribution in [1.82, 2.24) is 0 Å².